The molecule has 3 nitrogen and oxygen atoms in total. The minimum Gasteiger partial charge on any atom is -0.274 e. The lowest BCUT2D eigenvalue weighted by atomic mass is 9.55. The summed E-state index contributed by atoms with van der Waals surface area (Å²) in [4.78, 5) is 28.7. The van der Waals surface area contributed by atoms with Gasteiger partial charge in [0.25, 0.3) is 0 Å². The Morgan fingerprint density at radius 1 is 0.607 bits per heavy atom. The normalized spacial score (nSPS) is 26.8. The predicted octanol–water partition coefficient (Wildman–Crippen LogP) is 4.69. The molecule has 2 unspecified atom stereocenters. The zero-order chi connectivity index (χ0) is 19.0. The smallest absolute Gasteiger partial charge is 0.238 e. The third-order valence-corrected chi connectivity index (χ3v) is 7.45. The molecule has 1 saturated heterocycles. The summed E-state index contributed by atoms with van der Waals surface area (Å²) in [7, 11) is 0. The summed E-state index contributed by atoms with van der Waals surface area (Å²) in [6, 6.07) is 24.3. The van der Waals surface area contributed by atoms with Crippen LogP contribution in [0.4, 0.5) is 5.69 Å². The van der Waals surface area contributed by atoms with E-state index in [1.165, 1.54) is 27.2 Å². The van der Waals surface area contributed by atoms with E-state index in [0.717, 1.165) is 3.57 Å². The van der Waals surface area contributed by atoms with Crippen LogP contribution < -0.4 is 4.90 Å². The van der Waals surface area contributed by atoms with Gasteiger partial charge in [-0.15, -0.1) is 0 Å². The van der Waals surface area contributed by atoms with Crippen LogP contribution in [0.15, 0.2) is 72.8 Å². The summed E-state index contributed by atoms with van der Waals surface area (Å²) in [6.45, 7) is 0. The zero-order valence-electron chi connectivity index (χ0n) is 14.9. The second kappa shape index (κ2) is 5.77. The van der Waals surface area contributed by atoms with Crippen LogP contribution in [0, 0.1) is 15.4 Å². The molecule has 0 N–H and O–H groups in total. The van der Waals surface area contributed by atoms with Crippen LogP contribution in [0.3, 0.4) is 0 Å². The molecule has 2 bridgehead atoms. The fraction of sp³-hybridized carbons (Fsp3) is 0.167. The van der Waals surface area contributed by atoms with Crippen molar-refractivity contribution in [3.8, 4) is 0 Å². The molecule has 2 amide bonds. The highest BCUT2D eigenvalue weighted by atomic mass is 127. The number of amides is 2. The van der Waals surface area contributed by atoms with Crippen LogP contribution in [0.2, 0.25) is 0 Å². The maximum Gasteiger partial charge on any atom is 0.238 e. The lowest BCUT2D eigenvalue weighted by Crippen LogP contribution is -2.41. The summed E-state index contributed by atoms with van der Waals surface area (Å²) in [5.74, 6) is -0.858. The number of benzene rings is 3. The number of nitrogens with zero attached hydrogens (tertiary/aromatic N) is 1. The minimum absolute atomic E-state index is 0.0507. The fourth-order valence-corrected chi connectivity index (χ4v) is 6.18. The van der Waals surface area contributed by atoms with Gasteiger partial charge in [0, 0.05) is 15.4 Å². The zero-order valence-corrected chi connectivity index (χ0v) is 17.0. The molecule has 4 heteroatoms. The van der Waals surface area contributed by atoms with Crippen molar-refractivity contribution in [2.24, 2.45) is 11.8 Å². The quantitative estimate of drug-likeness (QED) is 0.377. The molecule has 7 rings (SSSR count). The van der Waals surface area contributed by atoms with Crippen molar-refractivity contribution < 1.29 is 9.59 Å². The molecule has 1 fully saturated rings. The van der Waals surface area contributed by atoms with Gasteiger partial charge in [0.05, 0.1) is 17.5 Å². The van der Waals surface area contributed by atoms with E-state index in [1.807, 2.05) is 48.5 Å². The van der Waals surface area contributed by atoms with Crippen molar-refractivity contribution in [1.82, 2.24) is 0 Å². The number of carbonyl (C=O) groups excluding carboxylic acids is 2. The molecular weight excluding hydrogens is 461 g/mol. The van der Waals surface area contributed by atoms with Crippen molar-refractivity contribution in [2.45, 2.75) is 11.8 Å². The average Bonchev–Trinajstić information content (AvgIpc) is 2.99. The predicted molar refractivity (Wildman–Crippen MR) is 115 cm³/mol. The summed E-state index contributed by atoms with van der Waals surface area (Å²) in [5.41, 5.74) is 5.54. The van der Waals surface area contributed by atoms with Gasteiger partial charge in [-0.25, -0.2) is 4.90 Å². The third kappa shape index (κ3) is 1.94. The molecule has 1 aliphatic heterocycles. The van der Waals surface area contributed by atoms with Crippen LogP contribution >= 0.6 is 22.6 Å². The Kier molecular flexibility index (Phi) is 3.39. The van der Waals surface area contributed by atoms with Gasteiger partial charge in [-0.1, -0.05) is 60.7 Å². The van der Waals surface area contributed by atoms with Crippen LogP contribution in [-0.4, -0.2) is 11.8 Å². The highest BCUT2D eigenvalue weighted by Gasteiger charge is 2.61. The Labute approximate surface area is 176 Å². The van der Waals surface area contributed by atoms with Crippen molar-refractivity contribution >= 4 is 40.1 Å². The number of hydrogen-bond donors (Lipinski definition) is 0. The molecule has 3 aromatic carbocycles. The largest absolute Gasteiger partial charge is 0.274 e. The van der Waals surface area contributed by atoms with Gasteiger partial charge >= 0.3 is 0 Å². The van der Waals surface area contributed by atoms with E-state index in [-0.39, 0.29) is 35.5 Å². The van der Waals surface area contributed by atoms with Crippen LogP contribution in [0.1, 0.15) is 34.1 Å². The molecule has 136 valence electrons. The summed E-state index contributed by atoms with van der Waals surface area (Å²) in [5, 5.41) is 0. The lowest BCUT2D eigenvalue weighted by Gasteiger charge is -2.45. The number of rotatable bonds is 1. The average molecular weight is 477 g/mol. The summed E-state index contributed by atoms with van der Waals surface area (Å²) >= 11 is 2.20. The van der Waals surface area contributed by atoms with Crippen LogP contribution in [0.25, 0.3) is 0 Å². The monoisotopic (exact) mass is 477 g/mol. The fourth-order valence-electron chi connectivity index (χ4n) is 5.55. The molecule has 2 atom stereocenters. The first-order valence-corrected chi connectivity index (χ1v) is 10.6. The SMILES string of the molecule is O=C1C2C3c4ccccc4C(c4ccccc43)C2C(=O)N1c1ccccc1I. The second-order valence-corrected chi connectivity index (χ2v) is 8.89. The van der Waals surface area contributed by atoms with Crippen LogP contribution in [0.5, 0.6) is 0 Å². The molecule has 1 heterocycles. The van der Waals surface area contributed by atoms with E-state index in [9.17, 15) is 9.59 Å². The Balaban J connectivity index is 1.59. The number of para-hydroxylation sites is 1. The summed E-state index contributed by atoms with van der Waals surface area (Å²) < 4.78 is 0.919. The van der Waals surface area contributed by atoms with E-state index >= 15 is 0 Å². The number of carbonyl (C=O) groups is 2. The van der Waals surface area contributed by atoms with Crippen molar-refractivity contribution in [3.05, 3.63) is 98.6 Å². The van der Waals surface area contributed by atoms with Crippen molar-refractivity contribution in [2.75, 3.05) is 4.90 Å². The standard InChI is InChI=1S/C24H16INO2/c25-17-11-5-6-12-18(17)26-23(27)21-19-13-7-1-2-8-14(13)20(22(21)24(26)28)16-10-4-3-9-15(16)19/h1-12,19-22H. The van der Waals surface area contributed by atoms with E-state index in [4.69, 9.17) is 0 Å². The van der Waals surface area contributed by atoms with E-state index in [0.29, 0.717) is 5.69 Å². The van der Waals surface area contributed by atoms with E-state index < -0.39 is 0 Å². The Bertz CT molecular complexity index is 1060. The molecule has 0 spiro atoms. The molecule has 3 aromatic rings. The number of anilines is 1. The molecule has 0 radical (unpaired) electrons. The molecule has 3 aliphatic carbocycles. The van der Waals surface area contributed by atoms with Gasteiger partial charge in [0.1, 0.15) is 0 Å². The first-order valence-electron chi connectivity index (χ1n) is 9.48. The molecule has 28 heavy (non-hydrogen) atoms. The highest BCUT2D eigenvalue weighted by molar-refractivity contribution is 14.1. The number of imide groups is 1. The van der Waals surface area contributed by atoms with Crippen LogP contribution in [-0.2, 0) is 9.59 Å². The van der Waals surface area contributed by atoms with E-state index in [2.05, 4.69) is 46.9 Å². The van der Waals surface area contributed by atoms with Gasteiger partial charge in [-0.2, -0.15) is 0 Å². The Hall–Kier alpha value is -2.47. The van der Waals surface area contributed by atoms with Gasteiger partial charge in [-0.3, -0.25) is 9.59 Å². The number of halogens is 1. The minimum atomic E-state index is -0.321. The van der Waals surface area contributed by atoms with Gasteiger partial charge in [0.15, 0.2) is 0 Å². The van der Waals surface area contributed by atoms with Gasteiger partial charge in [0.2, 0.25) is 11.8 Å². The molecular formula is C24H16INO2. The second-order valence-electron chi connectivity index (χ2n) is 7.73. The first kappa shape index (κ1) is 16.5. The molecule has 0 aromatic heterocycles. The molecule has 4 aliphatic rings. The van der Waals surface area contributed by atoms with Gasteiger partial charge < -0.3 is 0 Å². The lowest BCUT2D eigenvalue weighted by molar-refractivity contribution is -0.122. The maximum absolute atomic E-state index is 13.6. The molecule has 0 saturated carbocycles. The van der Waals surface area contributed by atoms with E-state index in [1.54, 1.807) is 0 Å². The maximum atomic E-state index is 13.6. The Morgan fingerprint density at radius 3 is 1.43 bits per heavy atom. The number of hydrogen-bond acceptors (Lipinski definition) is 2. The van der Waals surface area contributed by atoms with Crippen molar-refractivity contribution in [3.63, 3.8) is 0 Å². The van der Waals surface area contributed by atoms with Gasteiger partial charge in [-0.05, 0) is 57.0 Å². The topological polar surface area (TPSA) is 37.4 Å². The summed E-state index contributed by atoms with van der Waals surface area (Å²) in [6.07, 6.45) is 0. The first-order chi connectivity index (χ1) is 13.7. The third-order valence-electron chi connectivity index (χ3n) is 6.54. The Morgan fingerprint density at radius 2 is 1.00 bits per heavy atom. The highest BCUT2D eigenvalue weighted by Crippen LogP contribution is 2.61. The van der Waals surface area contributed by atoms with Crippen molar-refractivity contribution in [1.29, 1.82) is 0 Å².